The first-order valence-corrected chi connectivity index (χ1v) is 14.1. The Hall–Kier alpha value is -2.78. The Morgan fingerprint density at radius 3 is 2.57 bits per heavy atom. The molecule has 0 bridgehead atoms. The maximum atomic E-state index is 13.5. The molecule has 200 valence electrons. The third-order valence-corrected chi connectivity index (χ3v) is 8.99. The number of carbonyl (C=O) groups is 2. The third kappa shape index (κ3) is 6.76. The number of fused-ring (bicyclic) bond motifs is 1. The Balaban J connectivity index is 1.54. The minimum absolute atomic E-state index is 0.0844. The molecule has 2 aliphatic rings. The Morgan fingerprint density at radius 1 is 1.16 bits per heavy atom. The monoisotopic (exact) mass is 526 g/mol. The van der Waals surface area contributed by atoms with Crippen molar-refractivity contribution >= 4 is 39.5 Å². The second kappa shape index (κ2) is 11.3. The van der Waals surface area contributed by atoms with Crippen LogP contribution in [0.25, 0.3) is 0 Å². The maximum absolute atomic E-state index is 13.5. The van der Waals surface area contributed by atoms with Gasteiger partial charge in [0, 0.05) is 35.7 Å². The molecule has 1 aromatic heterocycles. The van der Waals surface area contributed by atoms with Crippen LogP contribution in [0.2, 0.25) is 0 Å². The Morgan fingerprint density at radius 2 is 1.89 bits per heavy atom. The van der Waals surface area contributed by atoms with Gasteiger partial charge in [-0.3, -0.25) is 19.7 Å². The predicted molar refractivity (Wildman–Crippen MR) is 148 cm³/mol. The van der Waals surface area contributed by atoms with E-state index in [1.807, 2.05) is 0 Å². The number of benzene rings is 1. The van der Waals surface area contributed by atoms with E-state index in [4.69, 9.17) is 0 Å². The molecule has 4 rings (SSSR count). The highest BCUT2D eigenvalue weighted by molar-refractivity contribution is 7.17. The molecule has 2 aromatic rings. The molecule has 2 N–H and O–H groups in total. The topological polar surface area (TPSA) is 105 Å². The number of hydrogen-bond donors (Lipinski definition) is 2. The summed E-state index contributed by atoms with van der Waals surface area (Å²) < 4.78 is 0. The number of anilines is 2. The summed E-state index contributed by atoms with van der Waals surface area (Å²) in [4.78, 5) is 40.7. The summed E-state index contributed by atoms with van der Waals surface area (Å²) in [6, 6.07) is 5.93. The zero-order valence-electron chi connectivity index (χ0n) is 22.3. The summed E-state index contributed by atoms with van der Waals surface area (Å²) in [5.74, 6) is 0.810. The van der Waals surface area contributed by atoms with E-state index in [0.717, 1.165) is 61.6 Å². The van der Waals surface area contributed by atoms with Crippen LogP contribution in [0, 0.1) is 27.4 Å². The van der Waals surface area contributed by atoms with Crippen molar-refractivity contribution in [2.45, 2.75) is 66.2 Å². The number of carbonyl (C=O) groups excluding carboxylic acids is 2. The van der Waals surface area contributed by atoms with Gasteiger partial charge in [0.1, 0.15) is 5.00 Å². The maximum Gasteiger partial charge on any atom is 0.271 e. The van der Waals surface area contributed by atoms with Crippen molar-refractivity contribution in [1.82, 2.24) is 4.90 Å². The average Bonchev–Trinajstić information content (AvgIpc) is 3.20. The molecule has 1 saturated heterocycles. The fraction of sp³-hybridized carbons (Fsp3) is 0.571. The number of nitrogens with one attached hydrogen (secondary N) is 2. The highest BCUT2D eigenvalue weighted by Crippen LogP contribution is 2.44. The molecule has 1 aliphatic heterocycles. The Bertz CT molecular complexity index is 1160. The zero-order chi connectivity index (χ0) is 26.7. The molecule has 2 heterocycles. The van der Waals surface area contributed by atoms with Crippen molar-refractivity contribution in [2.24, 2.45) is 17.3 Å². The molecule has 9 heteroatoms. The van der Waals surface area contributed by atoms with E-state index in [1.54, 1.807) is 12.1 Å². The normalized spacial score (nSPS) is 18.8. The number of nitro groups is 1. The SMILES string of the molecule is CC1CCN(CCC(=O)Nc2sc3c(c2C(=O)Nc2cccc([N+](=O)[O-])c2)CC[C@H](C(C)(C)C)C3)CC1. The van der Waals surface area contributed by atoms with Crippen LogP contribution in [-0.2, 0) is 17.6 Å². The molecular weight excluding hydrogens is 488 g/mol. The fourth-order valence-electron chi connectivity index (χ4n) is 5.28. The van der Waals surface area contributed by atoms with Gasteiger partial charge in [-0.25, -0.2) is 0 Å². The van der Waals surface area contributed by atoms with Crippen LogP contribution in [0.1, 0.15) is 74.2 Å². The van der Waals surface area contributed by atoms with E-state index in [-0.39, 0.29) is 22.9 Å². The largest absolute Gasteiger partial charge is 0.322 e. The number of piperidine rings is 1. The van der Waals surface area contributed by atoms with E-state index in [0.29, 0.717) is 35.1 Å². The third-order valence-electron chi connectivity index (χ3n) is 7.82. The minimum atomic E-state index is -0.483. The number of nitro benzene ring substituents is 1. The van der Waals surface area contributed by atoms with Crippen molar-refractivity contribution in [3.63, 3.8) is 0 Å². The smallest absolute Gasteiger partial charge is 0.271 e. The van der Waals surface area contributed by atoms with Gasteiger partial charge in [-0.2, -0.15) is 0 Å². The van der Waals surface area contributed by atoms with Gasteiger partial charge in [-0.1, -0.05) is 33.8 Å². The molecular formula is C28H38N4O4S. The van der Waals surface area contributed by atoms with Crippen molar-refractivity contribution in [3.05, 3.63) is 50.4 Å². The first kappa shape index (κ1) is 27.3. The summed E-state index contributed by atoms with van der Waals surface area (Å²) in [6.45, 7) is 11.8. The van der Waals surface area contributed by atoms with Crippen LogP contribution >= 0.6 is 11.3 Å². The number of nitrogens with zero attached hydrogens (tertiary/aromatic N) is 2. The van der Waals surface area contributed by atoms with Crippen LogP contribution in [0.15, 0.2) is 24.3 Å². The first-order chi connectivity index (χ1) is 17.5. The lowest BCUT2D eigenvalue weighted by Gasteiger charge is -2.33. The van der Waals surface area contributed by atoms with Crippen molar-refractivity contribution in [2.75, 3.05) is 30.3 Å². The van der Waals surface area contributed by atoms with Gasteiger partial charge in [0.15, 0.2) is 0 Å². The summed E-state index contributed by atoms with van der Waals surface area (Å²) in [5.41, 5.74) is 1.92. The highest BCUT2D eigenvalue weighted by atomic mass is 32.1. The van der Waals surface area contributed by atoms with Crippen molar-refractivity contribution in [3.8, 4) is 0 Å². The van der Waals surface area contributed by atoms with Crippen LogP contribution in [0.3, 0.4) is 0 Å². The molecule has 0 unspecified atom stereocenters. The summed E-state index contributed by atoms with van der Waals surface area (Å²) in [6.07, 6.45) is 5.33. The lowest BCUT2D eigenvalue weighted by molar-refractivity contribution is -0.384. The number of amides is 2. The first-order valence-electron chi connectivity index (χ1n) is 13.2. The van der Waals surface area contributed by atoms with Crippen LogP contribution in [-0.4, -0.2) is 41.3 Å². The van der Waals surface area contributed by atoms with Gasteiger partial charge in [-0.05, 0) is 74.1 Å². The van der Waals surface area contributed by atoms with Crippen LogP contribution in [0.5, 0.6) is 0 Å². The van der Waals surface area contributed by atoms with Gasteiger partial charge >= 0.3 is 0 Å². The molecule has 0 radical (unpaired) electrons. The van der Waals surface area contributed by atoms with Crippen LogP contribution in [0.4, 0.5) is 16.4 Å². The zero-order valence-corrected chi connectivity index (χ0v) is 23.1. The molecule has 1 atom stereocenters. The highest BCUT2D eigenvalue weighted by Gasteiger charge is 2.34. The van der Waals surface area contributed by atoms with Crippen molar-refractivity contribution in [1.29, 1.82) is 0 Å². The molecule has 2 amide bonds. The minimum Gasteiger partial charge on any atom is -0.322 e. The summed E-state index contributed by atoms with van der Waals surface area (Å²) in [5, 5.41) is 17.7. The number of likely N-dealkylation sites (tertiary alicyclic amines) is 1. The number of thiophene rings is 1. The van der Waals surface area contributed by atoms with E-state index in [2.05, 4.69) is 43.2 Å². The molecule has 1 aromatic carbocycles. The number of rotatable bonds is 7. The van der Waals surface area contributed by atoms with Gasteiger partial charge in [0.2, 0.25) is 5.91 Å². The van der Waals surface area contributed by atoms with Gasteiger partial charge in [0.25, 0.3) is 11.6 Å². The lowest BCUT2D eigenvalue weighted by Crippen LogP contribution is -2.35. The Labute approximate surface area is 223 Å². The number of non-ortho nitro benzene ring substituents is 1. The molecule has 0 saturated carbocycles. The van der Waals surface area contributed by atoms with E-state index in [1.165, 1.54) is 23.5 Å². The predicted octanol–water partition coefficient (Wildman–Crippen LogP) is 6.12. The Kier molecular flexibility index (Phi) is 8.33. The standard InChI is InChI=1S/C28H38N4O4S/c1-18-10-13-31(14-11-18)15-12-24(33)30-27-25(22-9-8-19(28(2,3)4)16-23(22)37-27)26(34)29-20-6-5-7-21(17-20)32(35)36/h5-7,17-19H,8-16H2,1-4H3,(H,29,34)(H,30,33)/t19-/m0/s1. The number of hydrogen-bond acceptors (Lipinski definition) is 6. The van der Waals surface area contributed by atoms with E-state index < -0.39 is 4.92 Å². The molecule has 1 fully saturated rings. The fourth-order valence-corrected chi connectivity index (χ4v) is 6.62. The lowest BCUT2D eigenvalue weighted by atomic mass is 9.72. The van der Waals surface area contributed by atoms with Gasteiger partial charge in [-0.15, -0.1) is 11.3 Å². The molecule has 8 nitrogen and oxygen atoms in total. The van der Waals surface area contributed by atoms with Gasteiger partial charge < -0.3 is 15.5 Å². The van der Waals surface area contributed by atoms with Crippen LogP contribution < -0.4 is 10.6 Å². The second-order valence-electron chi connectivity index (χ2n) is 11.6. The quantitative estimate of drug-likeness (QED) is 0.334. The molecule has 1 aliphatic carbocycles. The average molecular weight is 527 g/mol. The molecule has 0 spiro atoms. The van der Waals surface area contributed by atoms with Gasteiger partial charge in [0.05, 0.1) is 10.5 Å². The summed E-state index contributed by atoms with van der Waals surface area (Å²) >= 11 is 1.50. The van der Waals surface area contributed by atoms with E-state index >= 15 is 0 Å². The second-order valence-corrected chi connectivity index (χ2v) is 12.7. The molecule has 37 heavy (non-hydrogen) atoms. The van der Waals surface area contributed by atoms with Crippen molar-refractivity contribution < 1.29 is 14.5 Å². The van der Waals surface area contributed by atoms with E-state index in [9.17, 15) is 19.7 Å². The summed E-state index contributed by atoms with van der Waals surface area (Å²) in [7, 11) is 0.